The largest absolute Gasteiger partial charge is 0.307 e. The van der Waals surface area contributed by atoms with Crippen molar-refractivity contribution in [2.45, 2.75) is 51.6 Å². The fourth-order valence-corrected chi connectivity index (χ4v) is 4.02. The van der Waals surface area contributed by atoms with Crippen LogP contribution in [-0.2, 0) is 0 Å². The molecule has 2 fully saturated rings. The molecule has 2 saturated carbocycles. The summed E-state index contributed by atoms with van der Waals surface area (Å²) in [6.45, 7) is 4.49. The van der Waals surface area contributed by atoms with Gasteiger partial charge in [-0.2, -0.15) is 0 Å². The van der Waals surface area contributed by atoms with Gasteiger partial charge in [0.25, 0.3) is 0 Å². The third kappa shape index (κ3) is 2.69. The van der Waals surface area contributed by atoms with Crippen LogP contribution in [0.1, 0.15) is 51.1 Å². The van der Waals surface area contributed by atoms with Gasteiger partial charge in [-0.15, -0.1) is 0 Å². The van der Waals surface area contributed by atoms with Crippen LogP contribution < -0.4 is 5.32 Å². The molecule has 1 aromatic carbocycles. The molecule has 2 aliphatic carbocycles. The van der Waals surface area contributed by atoms with E-state index in [-0.39, 0.29) is 5.82 Å². The summed E-state index contributed by atoms with van der Waals surface area (Å²) in [7, 11) is 0. The Balaban J connectivity index is 1.72. The highest BCUT2D eigenvalue weighted by Gasteiger charge is 2.40. The maximum Gasteiger partial charge on any atom is 0.123 e. The highest BCUT2D eigenvalue weighted by molar-refractivity contribution is 5.21. The Morgan fingerprint density at radius 3 is 2.37 bits per heavy atom. The molecule has 104 valence electrons. The van der Waals surface area contributed by atoms with Gasteiger partial charge < -0.3 is 5.32 Å². The molecule has 2 bridgehead atoms. The predicted octanol–water partition coefficient (Wildman–Crippen LogP) is 4.30. The molecule has 1 nitrogen and oxygen atoms in total. The Bertz CT molecular complexity index is 425. The maximum absolute atomic E-state index is 13.1. The molecule has 0 aliphatic heterocycles. The van der Waals surface area contributed by atoms with E-state index >= 15 is 0 Å². The van der Waals surface area contributed by atoms with E-state index in [0.717, 1.165) is 11.8 Å². The molecule has 1 aromatic rings. The van der Waals surface area contributed by atoms with Crippen molar-refractivity contribution in [3.63, 3.8) is 0 Å². The average Bonchev–Trinajstić information content (AvgIpc) is 2.99. The van der Waals surface area contributed by atoms with Crippen LogP contribution in [0, 0.1) is 23.6 Å². The van der Waals surface area contributed by atoms with E-state index in [4.69, 9.17) is 0 Å². The fraction of sp³-hybridized carbons (Fsp3) is 0.647. The van der Waals surface area contributed by atoms with E-state index < -0.39 is 0 Å². The minimum atomic E-state index is -0.147. The van der Waals surface area contributed by atoms with Crippen molar-refractivity contribution in [3.05, 3.63) is 35.6 Å². The van der Waals surface area contributed by atoms with E-state index in [0.29, 0.717) is 18.0 Å². The molecular formula is C17H24FN. The molecule has 4 unspecified atom stereocenters. The minimum Gasteiger partial charge on any atom is -0.307 e. The van der Waals surface area contributed by atoms with Crippen molar-refractivity contribution in [2.24, 2.45) is 17.8 Å². The van der Waals surface area contributed by atoms with Gasteiger partial charge in [0.05, 0.1) is 0 Å². The summed E-state index contributed by atoms with van der Waals surface area (Å²) in [6.07, 6.45) is 5.60. The van der Waals surface area contributed by atoms with Gasteiger partial charge in [-0.25, -0.2) is 4.39 Å². The maximum atomic E-state index is 13.1. The van der Waals surface area contributed by atoms with Crippen molar-refractivity contribution >= 4 is 0 Å². The number of nitrogens with one attached hydrogen (secondary N) is 1. The molecule has 0 saturated heterocycles. The minimum absolute atomic E-state index is 0.147. The lowest BCUT2D eigenvalue weighted by atomic mass is 9.90. The summed E-state index contributed by atoms with van der Waals surface area (Å²) in [6, 6.07) is 8.04. The second-order valence-electron chi connectivity index (χ2n) is 6.72. The van der Waals surface area contributed by atoms with E-state index in [1.54, 1.807) is 12.1 Å². The molecule has 0 aromatic heterocycles. The third-order valence-electron chi connectivity index (χ3n) is 5.03. The standard InChI is InChI=1S/C17H24FN/c1-11(2)17(13-5-7-15(18)8-6-13)19-16-10-12-3-4-14(16)9-12/h5-8,11-12,14,16-17,19H,3-4,9-10H2,1-2H3. The zero-order chi connectivity index (χ0) is 13.4. The van der Waals surface area contributed by atoms with Crippen molar-refractivity contribution in [1.82, 2.24) is 5.32 Å². The Morgan fingerprint density at radius 1 is 1.11 bits per heavy atom. The van der Waals surface area contributed by atoms with E-state index in [1.807, 2.05) is 12.1 Å². The Labute approximate surface area is 115 Å². The zero-order valence-electron chi connectivity index (χ0n) is 11.9. The SMILES string of the molecule is CC(C)C(NC1CC2CCC1C2)c1ccc(F)cc1. The third-order valence-corrected chi connectivity index (χ3v) is 5.03. The Morgan fingerprint density at radius 2 is 1.84 bits per heavy atom. The number of hydrogen-bond donors (Lipinski definition) is 1. The molecule has 3 rings (SSSR count). The highest BCUT2D eigenvalue weighted by Crippen LogP contribution is 2.45. The summed E-state index contributed by atoms with van der Waals surface area (Å²) in [5.74, 6) is 2.23. The molecule has 4 atom stereocenters. The first-order valence-corrected chi connectivity index (χ1v) is 7.65. The molecule has 0 spiro atoms. The van der Waals surface area contributed by atoms with Crippen LogP contribution in [-0.4, -0.2) is 6.04 Å². The first kappa shape index (κ1) is 13.1. The van der Waals surface area contributed by atoms with Gasteiger partial charge in [0.15, 0.2) is 0 Å². The zero-order valence-corrected chi connectivity index (χ0v) is 11.9. The summed E-state index contributed by atoms with van der Waals surface area (Å²) >= 11 is 0. The Kier molecular flexibility index (Phi) is 3.62. The van der Waals surface area contributed by atoms with Gasteiger partial charge >= 0.3 is 0 Å². The second-order valence-corrected chi connectivity index (χ2v) is 6.72. The van der Waals surface area contributed by atoms with Gasteiger partial charge in [0, 0.05) is 12.1 Å². The first-order valence-electron chi connectivity index (χ1n) is 7.65. The van der Waals surface area contributed by atoms with Crippen LogP contribution in [0.15, 0.2) is 24.3 Å². The second kappa shape index (κ2) is 5.24. The lowest BCUT2D eigenvalue weighted by Gasteiger charge is -2.31. The first-order chi connectivity index (χ1) is 9.13. The van der Waals surface area contributed by atoms with Crippen molar-refractivity contribution in [3.8, 4) is 0 Å². The van der Waals surface area contributed by atoms with E-state index in [1.165, 1.54) is 31.2 Å². The number of rotatable bonds is 4. The van der Waals surface area contributed by atoms with Crippen LogP contribution in [0.2, 0.25) is 0 Å². The summed E-state index contributed by atoms with van der Waals surface area (Å²) < 4.78 is 13.1. The molecule has 0 heterocycles. The predicted molar refractivity (Wildman–Crippen MR) is 76.4 cm³/mol. The van der Waals surface area contributed by atoms with Crippen molar-refractivity contribution in [1.29, 1.82) is 0 Å². The van der Waals surface area contributed by atoms with Gasteiger partial charge in [-0.05, 0) is 54.7 Å². The van der Waals surface area contributed by atoms with Crippen molar-refractivity contribution in [2.75, 3.05) is 0 Å². The summed E-state index contributed by atoms with van der Waals surface area (Å²) in [4.78, 5) is 0. The molecule has 1 N–H and O–H groups in total. The quantitative estimate of drug-likeness (QED) is 0.852. The lowest BCUT2D eigenvalue weighted by Crippen LogP contribution is -2.38. The van der Waals surface area contributed by atoms with Crippen LogP contribution in [0.25, 0.3) is 0 Å². The average molecular weight is 261 g/mol. The van der Waals surface area contributed by atoms with Crippen LogP contribution in [0.4, 0.5) is 4.39 Å². The number of fused-ring (bicyclic) bond motifs is 2. The summed E-state index contributed by atoms with van der Waals surface area (Å²) in [5, 5.41) is 3.86. The monoisotopic (exact) mass is 261 g/mol. The van der Waals surface area contributed by atoms with Crippen LogP contribution in [0.3, 0.4) is 0 Å². The smallest absolute Gasteiger partial charge is 0.123 e. The molecule has 0 amide bonds. The number of benzene rings is 1. The molecule has 0 radical (unpaired) electrons. The normalized spacial score (nSPS) is 31.1. The van der Waals surface area contributed by atoms with Gasteiger partial charge in [0.1, 0.15) is 5.82 Å². The van der Waals surface area contributed by atoms with Crippen LogP contribution >= 0.6 is 0 Å². The number of hydrogen-bond acceptors (Lipinski definition) is 1. The molecule has 2 aliphatic rings. The fourth-order valence-electron chi connectivity index (χ4n) is 4.02. The number of halogens is 1. The van der Waals surface area contributed by atoms with Crippen molar-refractivity contribution < 1.29 is 4.39 Å². The van der Waals surface area contributed by atoms with Gasteiger partial charge in [-0.1, -0.05) is 32.4 Å². The molecular weight excluding hydrogens is 237 g/mol. The summed E-state index contributed by atoms with van der Waals surface area (Å²) in [5.41, 5.74) is 1.22. The van der Waals surface area contributed by atoms with Crippen LogP contribution in [0.5, 0.6) is 0 Å². The Hall–Kier alpha value is -0.890. The van der Waals surface area contributed by atoms with E-state index in [2.05, 4.69) is 19.2 Å². The molecule has 2 heteroatoms. The van der Waals surface area contributed by atoms with Gasteiger partial charge in [0.2, 0.25) is 0 Å². The van der Waals surface area contributed by atoms with Gasteiger partial charge in [-0.3, -0.25) is 0 Å². The molecule has 19 heavy (non-hydrogen) atoms. The lowest BCUT2D eigenvalue weighted by molar-refractivity contribution is 0.285. The van der Waals surface area contributed by atoms with E-state index in [9.17, 15) is 4.39 Å². The highest BCUT2D eigenvalue weighted by atomic mass is 19.1. The topological polar surface area (TPSA) is 12.0 Å².